The summed E-state index contributed by atoms with van der Waals surface area (Å²) in [6, 6.07) is 13.4. The highest BCUT2D eigenvalue weighted by atomic mass is 32.2. The number of fused-ring (bicyclic) bond motifs is 2. The van der Waals surface area contributed by atoms with Gasteiger partial charge in [0.15, 0.2) is 5.78 Å². The topological polar surface area (TPSA) is 142 Å². The Morgan fingerprint density at radius 3 is 2.31 bits per heavy atom. The number of nitrogens with zero attached hydrogens (tertiary/aromatic N) is 1. The predicted molar refractivity (Wildman–Crippen MR) is 167 cm³/mol. The minimum absolute atomic E-state index is 0.160. The highest BCUT2D eigenvalue weighted by Crippen LogP contribution is 2.47. The maximum absolute atomic E-state index is 13.9. The molecule has 0 spiro atoms. The van der Waals surface area contributed by atoms with Crippen LogP contribution in [0.25, 0.3) is 5.57 Å². The zero-order valence-corrected chi connectivity index (χ0v) is 26.7. The van der Waals surface area contributed by atoms with Gasteiger partial charge in [0.1, 0.15) is 23.8 Å². The van der Waals surface area contributed by atoms with Crippen LogP contribution in [0.3, 0.4) is 0 Å². The van der Waals surface area contributed by atoms with Gasteiger partial charge >= 0.3 is 0 Å². The minimum Gasteiger partial charge on any atom is -0.496 e. The summed E-state index contributed by atoms with van der Waals surface area (Å²) in [7, 11) is -1.11. The molecule has 45 heavy (non-hydrogen) atoms. The average molecular weight is 636 g/mol. The summed E-state index contributed by atoms with van der Waals surface area (Å²) in [5.41, 5.74) is 5.08. The summed E-state index contributed by atoms with van der Waals surface area (Å²) in [4.78, 5) is 31.3. The van der Waals surface area contributed by atoms with E-state index in [0.717, 1.165) is 11.1 Å². The van der Waals surface area contributed by atoms with Crippen molar-refractivity contribution in [2.24, 2.45) is 0 Å². The Bertz CT molecular complexity index is 1730. The Hall–Kier alpha value is -4.10. The number of ether oxygens (including phenoxy) is 4. The number of methoxy groups -OCH3 is 2. The number of hydrogen-bond acceptors (Lipinski definition) is 10. The number of benzene rings is 2. The van der Waals surface area contributed by atoms with Gasteiger partial charge in [0, 0.05) is 41.7 Å². The summed E-state index contributed by atoms with van der Waals surface area (Å²) in [6.45, 7) is 6.35. The fraction of sp³-hybridized carbons (Fsp3) is 0.364. The van der Waals surface area contributed by atoms with E-state index in [1.54, 1.807) is 48.7 Å². The van der Waals surface area contributed by atoms with Crippen LogP contribution in [0.15, 0.2) is 60.3 Å². The number of amides is 1. The van der Waals surface area contributed by atoms with Gasteiger partial charge in [-0.1, -0.05) is 30.3 Å². The van der Waals surface area contributed by atoms with Crippen molar-refractivity contribution >= 4 is 27.3 Å². The zero-order chi connectivity index (χ0) is 32.3. The summed E-state index contributed by atoms with van der Waals surface area (Å²) in [5, 5.41) is 3.45. The number of nitrogens with one attached hydrogen (secondary N) is 2. The van der Waals surface area contributed by atoms with Crippen molar-refractivity contribution < 1.29 is 37.0 Å². The van der Waals surface area contributed by atoms with Gasteiger partial charge in [0.05, 0.1) is 38.1 Å². The number of ketones is 1. The molecule has 3 unspecified atom stereocenters. The molecule has 238 valence electrons. The second-order valence-corrected chi connectivity index (χ2v) is 12.4. The molecular weight excluding hydrogens is 598 g/mol. The monoisotopic (exact) mass is 635 g/mol. The quantitative estimate of drug-likeness (QED) is 0.302. The molecular formula is C33H37N3O8S. The molecule has 11 nitrogen and oxygen atoms in total. The molecule has 1 aliphatic carbocycles. The number of carbonyl (C=O) groups is 2. The van der Waals surface area contributed by atoms with Gasteiger partial charge in [0.2, 0.25) is 15.9 Å². The third-order valence-electron chi connectivity index (χ3n) is 7.84. The number of Topliss-reactive ketones (excluding diaryl/α,β-unsaturated/α-hetero) is 1. The fourth-order valence-electron chi connectivity index (χ4n) is 6.03. The Kier molecular flexibility index (Phi) is 9.68. The zero-order valence-electron chi connectivity index (χ0n) is 25.9. The molecule has 5 rings (SSSR count). The minimum atomic E-state index is -4.04. The number of aromatic nitrogens is 1. The maximum atomic E-state index is 13.9. The molecule has 0 saturated heterocycles. The molecule has 1 amide bonds. The van der Waals surface area contributed by atoms with Crippen LogP contribution in [0.2, 0.25) is 0 Å². The van der Waals surface area contributed by atoms with Gasteiger partial charge in [-0.2, -0.15) is 0 Å². The predicted octanol–water partition coefficient (Wildman–Crippen LogP) is 3.72. The van der Waals surface area contributed by atoms with E-state index >= 15 is 0 Å². The smallest absolute Gasteiger partial charge is 0.239 e. The third-order valence-corrected chi connectivity index (χ3v) is 9.10. The molecule has 1 aromatic heterocycles. The SMILES string of the molecule is CCOC1NC(c2ccc(CS(=O)(=O)NC(=O)Cc3c(OC)cccc3OC)cc2C)C2=C1c1ncccc1C(OCC)C2=O. The molecule has 1 aliphatic heterocycles. The lowest BCUT2D eigenvalue weighted by Gasteiger charge is -2.27. The van der Waals surface area contributed by atoms with Crippen LogP contribution in [0.4, 0.5) is 0 Å². The molecule has 2 aromatic carbocycles. The van der Waals surface area contributed by atoms with Crippen LogP contribution in [0.1, 0.15) is 59.5 Å². The summed E-state index contributed by atoms with van der Waals surface area (Å²) in [5.74, 6) is -0.452. The van der Waals surface area contributed by atoms with Gasteiger partial charge in [-0.05, 0) is 55.7 Å². The normalized spacial score (nSPS) is 19.2. The van der Waals surface area contributed by atoms with Gasteiger partial charge in [0.25, 0.3) is 0 Å². The van der Waals surface area contributed by atoms with E-state index in [2.05, 4.69) is 15.0 Å². The number of pyridine rings is 1. The summed E-state index contributed by atoms with van der Waals surface area (Å²) >= 11 is 0. The van der Waals surface area contributed by atoms with Crippen LogP contribution >= 0.6 is 0 Å². The highest BCUT2D eigenvalue weighted by molar-refractivity contribution is 7.89. The number of sulfonamides is 1. The van der Waals surface area contributed by atoms with E-state index in [-0.39, 0.29) is 12.2 Å². The second-order valence-electron chi connectivity index (χ2n) is 10.7. The number of rotatable bonds is 12. The van der Waals surface area contributed by atoms with Crippen LogP contribution in [-0.4, -0.2) is 58.8 Å². The Morgan fingerprint density at radius 2 is 1.67 bits per heavy atom. The Labute approximate surface area is 263 Å². The molecule has 0 fully saturated rings. The molecule has 2 N–H and O–H groups in total. The molecule has 0 saturated carbocycles. The average Bonchev–Trinajstić information content (AvgIpc) is 3.38. The lowest BCUT2D eigenvalue weighted by atomic mass is 9.82. The summed E-state index contributed by atoms with van der Waals surface area (Å²) in [6.07, 6.45) is 0.0910. The highest BCUT2D eigenvalue weighted by Gasteiger charge is 2.47. The van der Waals surface area contributed by atoms with Crippen molar-refractivity contribution in [3.8, 4) is 11.5 Å². The summed E-state index contributed by atoms with van der Waals surface area (Å²) < 4.78 is 50.8. The lowest BCUT2D eigenvalue weighted by molar-refractivity contribution is -0.127. The fourth-order valence-corrected chi connectivity index (χ4v) is 7.14. The number of carbonyl (C=O) groups excluding carboxylic acids is 2. The maximum Gasteiger partial charge on any atom is 0.239 e. The van der Waals surface area contributed by atoms with Crippen molar-refractivity contribution in [1.29, 1.82) is 0 Å². The van der Waals surface area contributed by atoms with Gasteiger partial charge < -0.3 is 18.9 Å². The van der Waals surface area contributed by atoms with Crippen LogP contribution in [-0.2, 0) is 41.3 Å². The first-order chi connectivity index (χ1) is 21.6. The molecule has 2 heterocycles. The van der Waals surface area contributed by atoms with Crippen molar-refractivity contribution in [1.82, 2.24) is 15.0 Å². The van der Waals surface area contributed by atoms with Crippen LogP contribution in [0.5, 0.6) is 11.5 Å². The molecule has 2 aliphatic rings. The first-order valence-electron chi connectivity index (χ1n) is 14.7. The van der Waals surface area contributed by atoms with E-state index in [1.165, 1.54) is 14.2 Å². The Balaban J connectivity index is 1.39. The van der Waals surface area contributed by atoms with Crippen LogP contribution in [0, 0.1) is 6.92 Å². The molecule has 0 bridgehead atoms. The number of aryl methyl sites for hydroxylation is 1. The van der Waals surface area contributed by atoms with Gasteiger partial charge in [-0.25, -0.2) is 8.42 Å². The van der Waals surface area contributed by atoms with Crippen molar-refractivity contribution in [3.05, 3.63) is 93.8 Å². The molecule has 12 heteroatoms. The van der Waals surface area contributed by atoms with E-state index in [0.29, 0.717) is 58.2 Å². The van der Waals surface area contributed by atoms with E-state index in [1.807, 2.05) is 26.8 Å². The number of hydrogen-bond donors (Lipinski definition) is 2. The van der Waals surface area contributed by atoms with E-state index < -0.39 is 40.1 Å². The van der Waals surface area contributed by atoms with Gasteiger partial charge in [-0.15, -0.1) is 0 Å². The lowest BCUT2D eigenvalue weighted by Crippen LogP contribution is -2.33. The molecule has 0 radical (unpaired) electrons. The molecule has 3 atom stereocenters. The van der Waals surface area contributed by atoms with Crippen LogP contribution < -0.4 is 19.5 Å². The first-order valence-corrected chi connectivity index (χ1v) is 16.3. The van der Waals surface area contributed by atoms with E-state index in [4.69, 9.17) is 18.9 Å². The van der Waals surface area contributed by atoms with Crippen molar-refractivity contribution in [3.63, 3.8) is 0 Å². The Morgan fingerprint density at radius 1 is 0.956 bits per heavy atom. The van der Waals surface area contributed by atoms with Gasteiger partial charge in [-0.3, -0.25) is 24.6 Å². The first kappa shape index (κ1) is 32.3. The van der Waals surface area contributed by atoms with E-state index in [9.17, 15) is 18.0 Å². The largest absolute Gasteiger partial charge is 0.496 e. The standard InChI is InChI=1S/C33H37N3O8S/c1-6-43-32-22-10-9-15-34-29(22)28-27(31(32)38)30(35-33(28)44-7-2)21-14-13-20(16-19(21)3)18-45(39,40)36-26(37)17-23-24(41-4)11-8-12-25(23)42-5/h8-16,30,32-33,35H,6-7,17-18H2,1-5H3,(H,36,37). The molecule has 3 aromatic rings. The van der Waals surface area contributed by atoms with Crippen molar-refractivity contribution in [2.75, 3.05) is 27.4 Å². The second kappa shape index (κ2) is 13.5. The van der Waals surface area contributed by atoms with Crippen molar-refractivity contribution in [2.45, 2.75) is 51.3 Å². The third kappa shape index (κ3) is 6.50.